The Hall–Kier alpha value is -2.54. The molecule has 1 rings (SSSR count). The van der Waals surface area contributed by atoms with Crippen LogP contribution in [0.25, 0.3) is 0 Å². The molecule has 0 N–H and O–H groups in total. The third-order valence-electron chi connectivity index (χ3n) is 6.72. The minimum atomic E-state index is -0.266. The maximum absolute atomic E-state index is 11.6. The van der Waals surface area contributed by atoms with E-state index in [9.17, 15) is 19.2 Å². The van der Waals surface area contributed by atoms with Gasteiger partial charge in [-0.05, 0) is 6.92 Å². The van der Waals surface area contributed by atoms with Crippen LogP contribution in [0.4, 0.5) is 0 Å². The maximum atomic E-state index is 11.6. The molecule has 0 aromatic heterocycles. The number of rotatable bonds is 18. The summed E-state index contributed by atoms with van der Waals surface area (Å²) >= 11 is 0. The average molecular weight is 559 g/mol. The van der Waals surface area contributed by atoms with Gasteiger partial charge in [0.05, 0.1) is 54.1 Å². The van der Waals surface area contributed by atoms with E-state index in [1.165, 1.54) is 28.4 Å². The van der Waals surface area contributed by atoms with Crippen LogP contribution in [-0.2, 0) is 38.1 Å². The number of hydrogen-bond donors (Lipinski definition) is 0. The number of piperazine rings is 1. The minimum Gasteiger partial charge on any atom is -0.469 e. The monoisotopic (exact) mass is 558 g/mol. The molecule has 0 radical (unpaired) electrons. The second-order valence-corrected chi connectivity index (χ2v) is 9.17. The van der Waals surface area contributed by atoms with Crippen LogP contribution in [0.15, 0.2) is 13.2 Å². The first-order valence-electron chi connectivity index (χ1n) is 13.4. The van der Waals surface area contributed by atoms with Crippen molar-refractivity contribution in [2.24, 2.45) is 0 Å². The zero-order chi connectivity index (χ0) is 29.6. The van der Waals surface area contributed by atoms with Crippen molar-refractivity contribution < 1.29 is 38.1 Å². The summed E-state index contributed by atoms with van der Waals surface area (Å²) in [5, 5.41) is 0. The number of carbonyl (C=O) groups excluding carboxylic acids is 4. The summed E-state index contributed by atoms with van der Waals surface area (Å²) in [6, 6.07) is 0.343. The first kappa shape index (κ1) is 36.5. The van der Waals surface area contributed by atoms with Gasteiger partial charge in [-0.25, -0.2) is 0 Å². The van der Waals surface area contributed by atoms with Gasteiger partial charge in [0.1, 0.15) is 0 Å². The highest BCUT2D eigenvalue weighted by atomic mass is 16.5. The van der Waals surface area contributed by atoms with Crippen molar-refractivity contribution in [2.75, 3.05) is 100 Å². The Bertz CT molecular complexity index is 684. The van der Waals surface area contributed by atoms with Crippen LogP contribution in [0.3, 0.4) is 0 Å². The molecule has 0 aromatic rings. The molecule has 0 unspecified atom stereocenters. The summed E-state index contributed by atoms with van der Waals surface area (Å²) in [6.45, 7) is 16.2. The molecule has 1 aliphatic heterocycles. The van der Waals surface area contributed by atoms with E-state index in [1.807, 2.05) is 0 Å². The van der Waals surface area contributed by atoms with Crippen LogP contribution in [0, 0.1) is 0 Å². The van der Waals surface area contributed by atoms with Crippen LogP contribution >= 0.6 is 0 Å². The first-order chi connectivity index (χ1) is 18.7. The van der Waals surface area contributed by atoms with Gasteiger partial charge in [0, 0.05) is 78.0 Å². The largest absolute Gasteiger partial charge is 0.469 e. The van der Waals surface area contributed by atoms with Crippen molar-refractivity contribution in [3.05, 3.63) is 13.2 Å². The molecule has 1 heterocycles. The van der Waals surface area contributed by atoms with Crippen molar-refractivity contribution in [3.8, 4) is 0 Å². The van der Waals surface area contributed by atoms with Crippen LogP contribution in [0.2, 0.25) is 0 Å². The standard InChI is InChI=1S/C25H46N4O8.C2H4/c1-21-20-28(15-14-26(10-6-22(30)34-2)11-7-23(31)35-3)17-19-29(21)18-16-27(12-8-24(32)36-4)13-9-25(33)37-5;1-2/h21H,6-20H2,1-5H3;1-2H2/t21-;/m1./s1. The number of esters is 4. The number of ether oxygens (including phenoxy) is 4. The van der Waals surface area contributed by atoms with Gasteiger partial charge in [0.15, 0.2) is 0 Å². The molecule has 0 aliphatic carbocycles. The fraction of sp³-hybridized carbons (Fsp3) is 0.778. The molecule has 39 heavy (non-hydrogen) atoms. The Kier molecular flexibility index (Phi) is 20.8. The van der Waals surface area contributed by atoms with Crippen molar-refractivity contribution in [1.82, 2.24) is 19.6 Å². The van der Waals surface area contributed by atoms with Gasteiger partial charge < -0.3 is 28.7 Å². The van der Waals surface area contributed by atoms with Crippen LogP contribution < -0.4 is 0 Å². The van der Waals surface area contributed by atoms with Crippen LogP contribution in [0.5, 0.6) is 0 Å². The van der Waals surface area contributed by atoms with Crippen LogP contribution in [0.1, 0.15) is 32.6 Å². The number of nitrogens with zero attached hydrogens (tertiary/aromatic N) is 4. The van der Waals surface area contributed by atoms with E-state index < -0.39 is 0 Å². The molecule has 1 aliphatic rings. The molecule has 1 atom stereocenters. The molecule has 0 bridgehead atoms. The summed E-state index contributed by atoms with van der Waals surface area (Å²) in [5.41, 5.74) is 0. The lowest BCUT2D eigenvalue weighted by Crippen LogP contribution is -2.54. The lowest BCUT2D eigenvalue weighted by Gasteiger charge is -2.41. The van der Waals surface area contributed by atoms with Crippen molar-refractivity contribution in [1.29, 1.82) is 0 Å². The Balaban J connectivity index is 0.00000704. The topological polar surface area (TPSA) is 118 Å². The van der Waals surface area contributed by atoms with Gasteiger partial charge in [0.25, 0.3) is 0 Å². The average Bonchev–Trinajstić information content (AvgIpc) is 2.96. The lowest BCUT2D eigenvalue weighted by atomic mass is 10.2. The molecule has 226 valence electrons. The Morgan fingerprint density at radius 2 is 1.00 bits per heavy atom. The van der Waals surface area contributed by atoms with Gasteiger partial charge in [-0.15, -0.1) is 13.2 Å². The quantitative estimate of drug-likeness (QED) is 0.134. The lowest BCUT2D eigenvalue weighted by molar-refractivity contribution is -0.143. The molecule has 0 saturated carbocycles. The van der Waals surface area contributed by atoms with E-state index >= 15 is 0 Å². The molecular weight excluding hydrogens is 508 g/mol. The zero-order valence-corrected chi connectivity index (χ0v) is 24.7. The molecule has 1 saturated heterocycles. The van der Waals surface area contributed by atoms with E-state index in [-0.39, 0.29) is 49.6 Å². The predicted molar refractivity (Wildman–Crippen MR) is 148 cm³/mol. The van der Waals surface area contributed by atoms with Crippen molar-refractivity contribution in [2.45, 2.75) is 38.6 Å². The summed E-state index contributed by atoms with van der Waals surface area (Å²) in [7, 11) is 5.50. The summed E-state index contributed by atoms with van der Waals surface area (Å²) < 4.78 is 19.0. The first-order valence-corrected chi connectivity index (χ1v) is 13.4. The van der Waals surface area contributed by atoms with Gasteiger partial charge >= 0.3 is 23.9 Å². The molecule has 12 heteroatoms. The third kappa shape index (κ3) is 16.9. The zero-order valence-electron chi connectivity index (χ0n) is 24.7. The normalized spacial score (nSPS) is 15.8. The second-order valence-electron chi connectivity index (χ2n) is 9.17. The van der Waals surface area contributed by atoms with Crippen molar-refractivity contribution >= 4 is 23.9 Å². The molecule has 0 spiro atoms. The Labute approximate surface area is 234 Å². The predicted octanol–water partition coefficient (Wildman–Crippen LogP) is 0.651. The van der Waals surface area contributed by atoms with Crippen LogP contribution in [-0.4, -0.2) is 150 Å². The van der Waals surface area contributed by atoms with E-state index in [0.29, 0.717) is 32.2 Å². The van der Waals surface area contributed by atoms with E-state index in [2.05, 4.69) is 39.7 Å². The molecular formula is C27H50N4O8. The highest BCUT2D eigenvalue weighted by molar-refractivity contribution is 5.70. The molecule has 0 amide bonds. The second kappa shape index (κ2) is 22.3. The number of carbonyl (C=O) groups is 4. The van der Waals surface area contributed by atoms with Gasteiger partial charge in [-0.1, -0.05) is 0 Å². The van der Waals surface area contributed by atoms with E-state index in [0.717, 1.165) is 45.8 Å². The van der Waals surface area contributed by atoms with Gasteiger partial charge in [-0.3, -0.25) is 29.0 Å². The fourth-order valence-electron chi connectivity index (χ4n) is 4.24. The van der Waals surface area contributed by atoms with Gasteiger partial charge in [0.2, 0.25) is 0 Å². The Morgan fingerprint density at radius 1 is 0.641 bits per heavy atom. The highest BCUT2D eigenvalue weighted by Gasteiger charge is 2.24. The molecule has 0 aromatic carbocycles. The van der Waals surface area contributed by atoms with E-state index in [4.69, 9.17) is 18.9 Å². The Morgan fingerprint density at radius 3 is 1.33 bits per heavy atom. The molecule has 1 fully saturated rings. The minimum absolute atomic E-state index is 0.266. The fourth-order valence-corrected chi connectivity index (χ4v) is 4.24. The SMILES string of the molecule is C=C.COC(=O)CCN(CCC(=O)OC)CCN1CCN(CCN(CCC(=O)OC)CCC(=O)OC)[C@H](C)C1. The molecule has 12 nitrogen and oxygen atoms in total. The summed E-state index contributed by atoms with van der Waals surface area (Å²) in [4.78, 5) is 55.4. The number of methoxy groups -OCH3 is 4. The van der Waals surface area contributed by atoms with Gasteiger partial charge in [-0.2, -0.15) is 0 Å². The third-order valence-corrected chi connectivity index (χ3v) is 6.72. The smallest absolute Gasteiger partial charge is 0.306 e. The van der Waals surface area contributed by atoms with E-state index in [1.54, 1.807) is 0 Å². The number of hydrogen-bond acceptors (Lipinski definition) is 12. The summed E-state index contributed by atoms with van der Waals surface area (Å²) in [6.07, 6.45) is 1.13. The van der Waals surface area contributed by atoms with Crippen molar-refractivity contribution in [3.63, 3.8) is 0 Å². The summed E-state index contributed by atoms with van der Waals surface area (Å²) in [5.74, 6) is -1.07. The highest BCUT2D eigenvalue weighted by Crippen LogP contribution is 2.11. The maximum Gasteiger partial charge on any atom is 0.306 e.